The SMILES string of the molecule is CC(CO)(NC(=O)CCc1ncc(-c2ccccc2F)o1)C1CC1. The number of benzene rings is 1. The van der Waals surface area contributed by atoms with E-state index in [2.05, 4.69) is 10.3 Å². The van der Waals surface area contributed by atoms with Crippen molar-refractivity contribution in [1.82, 2.24) is 10.3 Å². The van der Waals surface area contributed by atoms with E-state index in [1.807, 2.05) is 6.92 Å². The summed E-state index contributed by atoms with van der Waals surface area (Å²) >= 11 is 0. The summed E-state index contributed by atoms with van der Waals surface area (Å²) in [4.78, 5) is 16.2. The Labute approximate surface area is 139 Å². The Kier molecular flexibility index (Phi) is 4.66. The molecule has 0 spiro atoms. The van der Waals surface area contributed by atoms with Crippen molar-refractivity contribution in [3.8, 4) is 11.3 Å². The molecule has 5 nitrogen and oxygen atoms in total. The van der Waals surface area contributed by atoms with E-state index in [4.69, 9.17) is 4.42 Å². The highest BCUT2D eigenvalue weighted by atomic mass is 19.1. The van der Waals surface area contributed by atoms with Gasteiger partial charge < -0.3 is 14.8 Å². The molecule has 0 saturated heterocycles. The van der Waals surface area contributed by atoms with Gasteiger partial charge in [-0.2, -0.15) is 0 Å². The maximum absolute atomic E-state index is 13.7. The van der Waals surface area contributed by atoms with Gasteiger partial charge in [-0.05, 0) is 37.8 Å². The number of aromatic nitrogens is 1. The summed E-state index contributed by atoms with van der Waals surface area (Å²) in [6.45, 7) is 1.80. The van der Waals surface area contributed by atoms with Crippen LogP contribution in [0.1, 0.15) is 32.1 Å². The minimum atomic E-state index is -0.550. The number of amides is 1. The van der Waals surface area contributed by atoms with Crippen LogP contribution in [-0.2, 0) is 11.2 Å². The molecule has 1 aliphatic rings. The smallest absolute Gasteiger partial charge is 0.221 e. The van der Waals surface area contributed by atoms with Crippen molar-refractivity contribution in [2.24, 2.45) is 5.92 Å². The Morgan fingerprint density at radius 2 is 2.21 bits per heavy atom. The number of nitrogens with one attached hydrogen (secondary N) is 1. The van der Waals surface area contributed by atoms with Crippen molar-refractivity contribution in [1.29, 1.82) is 0 Å². The van der Waals surface area contributed by atoms with Crippen molar-refractivity contribution in [3.63, 3.8) is 0 Å². The van der Waals surface area contributed by atoms with Gasteiger partial charge in [0.05, 0.1) is 23.9 Å². The largest absolute Gasteiger partial charge is 0.441 e. The maximum Gasteiger partial charge on any atom is 0.221 e. The van der Waals surface area contributed by atoms with Gasteiger partial charge in [-0.15, -0.1) is 0 Å². The molecule has 6 heteroatoms. The lowest BCUT2D eigenvalue weighted by molar-refractivity contribution is -0.123. The zero-order valence-electron chi connectivity index (χ0n) is 13.6. The van der Waals surface area contributed by atoms with Crippen LogP contribution in [0.2, 0.25) is 0 Å². The molecule has 128 valence electrons. The number of hydrogen-bond donors (Lipinski definition) is 2. The minimum Gasteiger partial charge on any atom is -0.441 e. The van der Waals surface area contributed by atoms with E-state index in [0.717, 1.165) is 12.8 Å². The van der Waals surface area contributed by atoms with E-state index in [0.29, 0.717) is 29.6 Å². The lowest BCUT2D eigenvalue weighted by Gasteiger charge is -2.28. The summed E-state index contributed by atoms with van der Waals surface area (Å²) in [5.74, 6) is 0.563. The monoisotopic (exact) mass is 332 g/mol. The van der Waals surface area contributed by atoms with Crippen LogP contribution < -0.4 is 5.32 Å². The predicted molar refractivity (Wildman–Crippen MR) is 86.6 cm³/mol. The van der Waals surface area contributed by atoms with Crippen LogP contribution in [0.3, 0.4) is 0 Å². The molecule has 1 aromatic heterocycles. The first-order valence-corrected chi connectivity index (χ1v) is 8.13. The molecule has 1 amide bonds. The van der Waals surface area contributed by atoms with Gasteiger partial charge in [-0.3, -0.25) is 4.79 Å². The van der Waals surface area contributed by atoms with Crippen molar-refractivity contribution in [3.05, 3.63) is 42.2 Å². The molecular formula is C18H21FN2O3. The fraction of sp³-hybridized carbons (Fsp3) is 0.444. The van der Waals surface area contributed by atoms with Crippen LogP contribution in [0.15, 0.2) is 34.9 Å². The molecule has 0 bridgehead atoms. The first-order valence-electron chi connectivity index (χ1n) is 8.13. The fourth-order valence-electron chi connectivity index (χ4n) is 2.80. The van der Waals surface area contributed by atoms with Crippen molar-refractivity contribution >= 4 is 5.91 Å². The number of aryl methyl sites for hydroxylation is 1. The van der Waals surface area contributed by atoms with E-state index in [9.17, 15) is 14.3 Å². The summed E-state index contributed by atoms with van der Waals surface area (Å²) < 4.78 is 19.3. The molecule has 0 radical (unpaired) electrons. The molecular weight excluding hydrogens is 311 g/mol. The highest BCUT2D eigenvalue weighted by molar-refractivity contribution is 5.77. The third-order valence-electron chi connectivity index (χ3n) is 4.49. The number of oxazole rings is 1. The summed E-state index contributed by atoms with van der Waals surface area (Å²) in [5.41, 5.74) is -0.200. The zero-order valence-corrected chi connectivity index (χ0v) is 13.6. The fourth-order valence-corrected chi connectivity index (χ4v) is 2.80. The topological polar surface area (TPSA) is 75.4 Å². The normalized spacial score (nSPS) is 16.6. The molecule has 3 rings (SSSR count). The number of nitrogens with zero attached hydrogens (tertiary/aromatic N) is 1. The number of carbonyl (C=O) groups excluding carboxylic acids is 1. The Morgan fingerprint density at radius 1 is 1.46 bits per heavy atom. The van der Waals surface area contributed by atoms with Crippen LogP contribution >= 0.6 is 0 Å². The van der Waals surface area contributed by atoms with Crippen LogP contribution in [-0.4, -0.2) is 28.1 Å². The Morgan fingerprint density at radius 3 is 2.88 bits per heavy atom. The first-order chi connectivity index (χ1) is 11.5. The van der Waals surface area contributed by atoms with Gasteiger partial charge in [-0.1, -0.05) is 12.1 Å². The highest BCUT2D eigenvalue weighted by Gasteiger charge is 2.42. The predicted octanol–water partition coefficient (Wildman–Crippen LogP) is 2.69. The molecule has 0 aliphatic heterocycles. The number of aliphatic hydroxyl groups is 1. The van der Waals surface area contributed by atoms with Gasteiger partial charge in [-0.25, -0.2) is 9.37 Å². The second-order valence-electron chi connectivity index (χ2n) is 6.50. The van der Waals surface area contributed by atoms with Crippen molar-refractivity contribution in [2.75, 3.05) is 6.61 Å². The molecule has 1 saturated carbocycles. The average molecular weight is 332 g/mol. The van der Waals surface area contributed by atoms with Gasteiger partial charge in [0.15, 0.2) is 11.7 Å². The first kappa shape index (κ1) is 16.6. The van der Waals surface area contributed by atoms with Gasteiger partial charge in [0, 0.05) is 12.8 Å². The molecule has 24 heavy (non-hydrogen) atoms. The number of rotatable bonds is 7. The van der Waals surface area contributed by atoms with E-state index in [1.54, 1.807) is 18.2 Å². The molecule has 1 heterocycles. The summed E-state index contributed by atoms with van der Waals surface area (Å²) in [6.07, 6.45) is 4.06. The van der Waals surface area contributed by atoms with Crippen molar-refractivity contribution in [2.45, 2.75) is 38.1 Å². The van der Waals surface area contributed by atoms with Gasteiger partial charge in [0.2, 0.25) is 5.91 Å². The molecule has 1 aliphatic carbocycles. The Bertz CT molecular complexity index is 727. The van der Waals surface area contributed by atoms with Crippen LogP contribution in [0.25, 0.3) is 11.3 Å². The number of hydrogen-bond acceptors (Lipinski definition) is 4. The van der Waals surface area contributed by atoms with Crippen LogP contribution in [0.4, 0.5) is 4.39 Å². The van der Waals surface area contributed by atoms with E-state index < -0.39 is 5.54 Å². The summed E-state index contributed by atoms with van der Waals surface area (Å²) in [7, 11) is 0. The van der Waals surface area contributed by atoms with Gasteiger partial charge in [0.25, 0.3) is 0 Å². The quantitative estimate of drug-likeness (QED) is 0.817. The lowest BCUT2D eigenvalue weighted by atomic mass is 9.96. The average Bonchev–Trinajstić information content (AvgIpc) is 3.33. The van der Waals surface area contributed by atoms with Crippen molar-refractivity contribution < 1.29 is 18.7 Å². The van der Waals surface area contributed by atoms with E-state index in [1.165, 1.54) is 12.3 Å². The minimum absolute atomic E-state index is 0.0696. The Hall–Kier alpha value is -2.21. The third-order valence-corrected chi connectivity index (χ3v) is 4.49. The zero-order chi connectivity index (χ0) is 17.2. The molecule has 1 unspecified atom stereocenters. The number of halogens is 1. The van der Waals surface area contributed by atoms with Crippen LogP contribution in [0, 0.1) is 11.7 Å². The highest BCUT2D eigenvalue weighted by Crippen LogP contribution is 2.39. The van der Waals surface area contributed by atoms with Gasteiger partial charge in [0.1, 0.15) is 5.82 Å². The van der Waals surface area contributed by atoms with E-state index in [-0.39, 0.29) is 24.8 Å². The third kappa shape index (κ3) is 3.64. The molecule has 2 aromatic rings. The van der Waals surface area contributed by atoms with Gasteiger partial charge >= 0.3 is 0 Å². The van der Waals surface area contributed by atoms with E-state index >= 15 is 0 Å². The standard InChI is InChI=1S/C18H21FN2O3/c1-18(11-22,12-6-7-12)21-16(23)8-9-17-20-10-15(24-17)13-4-2-3-5-14(13)19/h2-5,10,12,22H,6-9,11H2,1H3,(H,21,23). The number of carbonyl (C=O) groups is 1. The number of aliphatic hydroxyl groups excluding tert-OH is 1. The molecule has 1 atom stereocenters. The molecule has 2 N–H and O–H groups in total. The summed E-state index contributed by atoms with van der Waals surface area (Å²) in [6, 6.07) is 6.31. The second kappa shape index (κ2) is 6.73. The summed E-state index contributed by atoms with van der Waals surface area (Å²) in [5, 5.41) is 12.4. The Balaban J connectivity index is 1.57. The second-order valence-corrected chi connectivity index (χ2v) is 6.50. The van der Waals surface area contributed by atoms with Crippen LogP contribution in [0.5, 0.6) is 0 Å². The maximum atomic E-state index is 13.7. The molecule has 1 fully saturated rings. The molecule has 1 aromatic carbocycles. The lowest BCUT2D eigenvalue weighted by Crippen LogP contribution is -2.50.